The molecule has 0 aromatic carbocycles. The average Bonchev–Trinajstić information content (AvgIpc) is 2.59. The number of piperazine rings is 1. The monoisotopic (exact) mass is 370 g/mol. The van der Waals surface area contributed by atoms with Crippen molar-refractivity contribution in [2.24, 2.45) is 4.99 Å². The van der Waals surface area contributed by atoms with E-state index in [4.69, 9.17) is 9.73 Å². The second kappa shape index (κ2) is 7.71. The minimum absolute atomic E-state index is 0.226. The zero-order valence-corrected chi connectivity index (χ0v) is 17.1. The van der Waals surface area contributed by atoms with Crippen molar-refractivity contribution in [1.82, 2.24) is 14.8 Å². The van der Waals surface area contributed by atoms with E-state index in [-0.39, 0.29) is 6.09 Å². The molecule has 0 spiro atoms. The maximum atomic E-state index is 12.3. The molecule has 3 rings (SSSR count). The van der Waals surface area contributed by atoms with Crippen LogP contribution in [0.3, 0.4) is 0 Å². The summed E-state index contributed by atoms with van der Waals surface area (Å²) in [6, 6.07) is 2.06. The van der Waals surface area contributed by atoms with Gasteiger partial charge in [0.05, 0.1) is 23.3 Å². The Morgan fingerprint density at radius 2 is 1.81 bits per heavy atom. The van der Waals surface area contributed by atoms with Crippen molar-refractivity contribution in [2.75, 3.05) is 26.2 Å². The van der Waals surface area contributed by atoms with Gasteiger partial charge in [0, 0.05) is 32.4 Å². The summed E-state index contributed by atoms with van der Waals surface area (Å²) in [5.74, 6) is 0. The van der Waals surface area contributed by atoms with Crippen LogP contribution in [-0.2, 0) is 11.2 Å². The van der Waals surface area contributed by atoms with Crippen LogP contribution in [0, 0.1) is 0 Å². The zero-order chi connectivity index (χ0) is 19.6. The maximum absolute atomic E-state index is 12.3. The Kier molecular flexibility index (Phi) is 5.53. The number of fused-ring (bicyclic) bond motifs is 1. The van der Waals surface area contributed by atoms with Gasteiger partial charge in [0.25, 0.3) is 0 Å². The van der Waals surface area contributed by atoms with Gasteiger partial charge in [0.1, 0.15) is 5.60 Å². The SMILES string of the molecule is CC1=Nc2cnccc2CC/C(C)=C/1N1CCN(C(=O)OC(C)(C)C)CC1. The molecule has 146 valence electrons. The topological polar surface area (TPSA) is 58.0 Å². The number of aromatic nitrogens is 1. The van der Waals surface area contributed by atoms with Crippen molar-refractivity contribution < 1.29 is 9.53 Å². The lowest BCUT2D eigenvalue weighted by Gasteiger charge is -2.38. The van der Waals surface area contributed by atoms with Crippen molar-refractivity contribution in [1.29, 1.82) is 0 Å². The predicted molar refractivity (Wildman–Crippen MR) is 107 cm³/mol. The van der Waals surface area contributed by atoms with Crippen LogP contribution in [0.5, 0.6) is 0 Å². The summed E-state index contributed by atoms with van der Waals surface area (Å²) in [6.45, 7) is 12.9. The van der Waals surface area contributed by atoms with E-state index in [2.05, 4.69) is 29.8 Å². The van der Waals surface area contributed by atoms with Gasteiger partial charge in [0.2, 0.25) is 0 Å². The van der Waals surface area contributed by atoms with Crippen LogP contribution < -0.4 is 0 Å². The fourth-order valence-corrected chi connectivity index (χ4v) is 3.65. The first-order chi connectivity index (χ1) is 12.7. The molecule has 0 atom stereocenters. The van der Waals surface area contributed by atoms with Crippen LogP contribution in [0.4, 0.5) is 10.5 Å². The number of hydrogen-bond acceptors (Lipinski definition) is 5. The lowest BCUT2D eigenvalue weighted by atomic mass is 9.99. The Morgan fingerprint density at radius 1 is 1.11 bits per heavy atom. The summed E-state index contributed by atoms with van der Waals surface area (Å²) in [6.07, 6.45) is 5.43. The summed E-state index contributed by atoms with van der Waals surface area (Å²) in [5.41, 5.74) is 5.34. The third-order valence-corrected chi connectivity index (χ3v) is 4.94. The first kappa shape index (κ1) is 19.4. The Balaban J connectivity index is 1.73. The van der Waals surface area contributed by atoms with Gasteiger partial charge in [0.15, 0.2) is 0 Å². The molecule has 0 N–H and O–H groups in total. The number of carbonyl (C=O) groups excluding carboxylic acids is 1. The molecule has 2 aliphatic rings. The molecule has 0 aliphatic carbocycles. The van der Waals surface area contributed by atoms with Crippen LogP contribution in [0.1, 0.15) is 46.6 Å². The molecule has 1 aromatic rings. The molecule has 1 saturated heterocycles. The average molecular weight is 370 g/mol. The second-order valence-electron chi connectivity index (χ2n) is 8.28. The smallest absolute Gasteiger partial charge is 0.410 e. The molecule has 0 bridgehead atoms. The number of pyridine rings is 1. The molecular weight excluding hydrogens is 340 g/mol. The third-order valence-electron chi connectivity index (χ3n) is 4.94. The molecule has 3 heterocycles. The summed E-state index contributed by atoms with van der Waals surface area (Å²) in [5, 5.41) is 0. The van der Waals surface area contributed by atoms with Gasteiger partial charge in [-0.1, -0.05) is 0 Å². The number of amides is 1. The van der Waals surface area contributed by atoms with Crippen LogP contribution in [0.2, 0.25) is 0 Å². The highest BCUT2D eigenvalue weighted by Gasteiger charge is 2.28. The molecule has 1 amide bonds. The second-order valence-corrected chi connectivity index (χ2v) is 8.28. The number of aliphatic imine (C=N–C) groups is 1. The van der Waals surface area contributed by atoms with E-state index in [9.17, 15) is 4.79 Å². The highest BCUT2D eigenvalue weighted by Crippen LogP contribution is 2.28. The Morgan fingerprint density at radius 3 is 2.48 bits per heavy atom. The summed E-state index contributed by atoms with van der Waals surface area (Å²) >= 11 is 0. The quantitative estimate of drug-likeness (QED) is 0.751. The van der Waals surface area contributed by atoms with Gasteiger partial charge in [-0.3, -0.25) is 4.98 Å². The normalized spacial score (nSPS) is 21.1. The fourth-order valence-electron chi connectivity index (χ4n) is 3.65. The Bertz CT molecular complexity index is 769. The molecule has 0 unspecified atom stereocenters. The fraction of sp³-hybridized carbons (Fsp3) is 0.571. The molecule has 2 aliphatic heterocycles. The predicted octanol–water partition coefficient (Wildman–Crippen LogP) is 3.95. The molecule has 1 fully saturated rings. The van der Waals surface area contributed by atoms with Crippen molar-refractivity contribution in [3.8, 4) is 0 Å². The van der Waals surface area contributed by atoms with Crippen molar-refractivity contribution in [3.05, 3.63) is 35.3 Å². The Hall–Kier alpha value is -2.37. The first-order valence-electron chi connectivity index (χ1n) is 9.66. The minimum Gasteiger partial charge on any atom is -0.444 e. The van der Waals surface area contributed by atoms with Gasteiger partial charge in [-0.05, 0) is 64.7 Å². The number of nitrogens with zero attached hydrogens (tertiary/aromatic N) is 4. The number of aryl methyl sites for hydroxylation is 1. The number of ether oxygens (including phenoxy) is 1. The maximum Gasteiger partial charge on any atom is 0.410 e. The third kappa shape index (κ3) is 4.67. The lowest BCUT2D eigenvalue weighted by molar-refractivity contribution is 0.0172. The molecule has 0 saturated carbocycles. The zero-order valence-electron chi connectivity index (χ0n) is 17.1. The lowest BCUT2D eigenvalue weighted by Crippen LogP contribution is -2.50. The van der Waals surface area contributed by atoms with Crippen LogP contribution in [0.25, 0.3) is 0 Å². The standard InChI is InChI=1S/C21H30N4O2/c1-15-6-7-17-8-9-22-14-18(17)23-16(2)19(15)24-10-12-25(13-11-24)20(26)27-21(3,4)5/h8-9,14H,6-7,10-13H2,1-5H3/b19-15-,23-16?. The van der Waals surface area contributed by atoms with Gasteiger partial charge in [-0.25, -0.2) is 9.79 Å². The summed E-state index contributed by atoms with van der Waals surface area (Å²) in [7, 11) is 0. The van der Waals surface area contributed by atoms with Gasteiger partial charge in [-0.2, -0.15) is 0 Å². The van der Waals surface area contributed by atoms with Gasteiger partial charge < -0.3 is 14.5 Å². The van der Waals surface area contributed by atoms with Crippen molar-refractivity contribution >= 4 is 17.5 Å². The minimum atomic E-state index is -0.461. The number of allylic oxidation sites excluding steroid dienone is 2. The van der Waals surface area contributed by atoms with Crippen LogP contribution >= 0.6 is 0 Å². The van der Waals surface area contributed by atoms with E-state index in [0.29, 0.717) is 13.1 Å². The highest BCUT2D eigenvalue weighted by atomic mass is 16.6. The van der Waals surface area contributed by atoms with E-state index in [1.165, 1.54) is 16.8 Å². The number of rotatable bonds is 1. The van der Waals surface area contributed by atoms with Crippen molar-refractivity contribution in [2.45, 2.75) is 53.1 Å². The van der Waals surface area contributed by atoms with E-state index in [1.807, 2.05) is 33.2 Å². The number of carbonyl (C=O) groups is 1. The van der Waals surface area contributed by atoms with E-state index < -0.39 is 5.60 Å². The molecule has 0 radical (unpaired) electrons. The van der Waals surface area contributed by atoms with Crippen LogP contribution in [-0.4, -0.2) is 58.4 Å². The van der Waals surface area contributed by atoms with Gasteiger partial charge in [-0.15, -0.1) is 0 Å². The molecule has 6 nitrogen and oxygen atoms in total. The number of hydrogen-bond donors (Lipinski definition) is 0. The van der Waals surface area contributed by atoms with Gasteiger partial charge >= 0.3 is 6.09 Å². The molecule has 6 heteroatoms. The largest absolute Gasteiger partial charge is 0.444 e. The summed E-state index contributed by atoms with van der Waals surface area (Å²) < 4.78 is 5.50. The Labute approximate surface area is 161 Å². The van der Waals surface area contributed by atoms with Crippen LogP contribution in [0.15, 0.2) is 34.7 Å². The molecular formula is C21H30N4O2. The van der Waals surface area contributed by atoms with Crippen molar-refractivity contribution in [3.63, 3.8) is 0 Å². The highest BCUT2D eigenvalue weighted by molar-refractivity contribution is 6.00. The molecule has 27 heavy (non-hydrogen) atoms. The first-order valence-corrected chi connectivity index (χ1v) is 9.66. The van der Waals surface area contributed by atoms with E-state index in [1.54, 1.807) is 4.90 Å². The van der Waals surface area contributed by atoms with E-state index >= 15 is 0 Å². The van der Waals surface area contributed by atoms with E-state index in [0.717, 1.165) is 37.3 Å². The summed E-state index contributed by atoms with van der Waals surface area (Å²) in [4.78, 5) is 25.5. The molecule has 1 aromatic heterocycles.